The maximum Gasteiger partial charge on any atom is 0.311 e. The van der Waals surface area contributed by atoms with Crippen molar-refractivity contribution < 1.29 is 19.4 Å². The lowest BCUT2D eigenvalue weighted by Crippen LogP contribution is -2.59. The van der Waals surface area contributed by atoms with Crippen LogP contribution in [0, 0.1) is 34.0 Å². The summed E-state index contributed by atoms with van der Waals surface area (Å²) >= 11 is 0. The van der Waals surface area contributed by atoms with E-state index < -0.39 is 0 Å². The summed E-state index contributed by atoms with van der Waals surface area (Å²) in [6.45, 7) is 4.81. The molecule has 5 rings (SSSR count). The lowest BCUT2D eigenvalue weighted by molar-refractivity contribution is -0.190. The van der Waals surface area contributed by atoms with Crippen molar-refractivity contribution in [3.8, 4) is 0 Å². The van der Waals surface area contributed by atoms with Gasteiger partial charge in [-0.2, -0.15) is 0 Å². The van der Waals surface area contributed by atoms with Gasteiger partial charge in [0.1, 0.15) is 5.60 Å². The van der Waals surface area contributed by atoms with Crippen molar-refractivity contribution in [1.82, 2.24) is 0 Å². The van der Waals surface area contributed by atoms with Crippen molar-refractivity contribution in [2.45, 2.75) is 76.9 Å². The number of esters is 1. The zero-order valence-electron chi connectivity index (χ0n) is 15.8. The highest BCUT2D eigenvalue weighted by Crippen LogP contribution is 2.78. The van der Waals surface area contributed by atoms with E-state index in [4.69, 9.17) is 9.47 Å². The number of epoxide rings is 1. The predicted molar refractivity (Wildman–Crippen MR) is 92.8 cm³/mol. The molecule has 2 bridgehead atoms. The molecule has 4 aliphatic carbocycles. The Kier molecular flexibility index (Phi) is 3.18. The van der Waals surface area contributed by atoms with E-state index in [-0.39, 0.29) is 40.5 Å². The summed E-state index contributed by atoms with van der Waals surface area (Å²) in [6, 6.07) is 0. The van der Waals surface area contributed by atoms with Crippen molar-refractivity contribution >= 4 is 5.97 Å². The Morgan fingerprint density at radius 2 is 1.96 bits per heavy atom. The van der Waals surface area contributed by atoms with E-state index in [0.717, 1.165) is 25.7 Å². The number of aliphatic hydroxyl groups excluding tert-OH is 1. The molecule has 4 saturated carbocycles. The van der Waals surface area contributed by atoms with E-state index in [0.29, 0.717) is 17.8 Å². The van der Waals surface area contributed by atoms with Gasteiger partial charge < -0.3 is 14.6 Å². The van der Waals surface area contributed by atoms with Gasteiger partial charge >= 0.3 is 5.97 Å². The van der Waals surface area contributed by atoms with Crippen LogP contribution in [0.3, 0.4) is 0 Å². The summed E-state index contributed by atoms with van der Waals surface area (Å²) in [5, 5.41) is 10.00. The zero-order chi connectivity index (χ0) is 17.7. The second kappa shape index (κ2) is 4.81. The van der Waals surface area contributed by atoms with Gasteiger partial charge in [0.2, 0.25) is 0 Å². The molecule has 0 aromatic rings. The van der Waals surface area contributed by atoms with Gasteiger partial charge in [0.05, 0.1) is 25.2 Å². The van der Waals surface area contributed by atoms with Gasteiger partial charge in [0, 0.05) is 5.41 Å². The molecule has 1 saturated heterocycles. The first-order valence-corrected chi connectivity index (χ1v) is 10.2. The highest BCUT2D eigenvalue weighted by molar-refractivity contribution is 5.77. The van der Waals surface area contributed by atoms with Crippen molar-refractivity contribution in [2.75, 3.05) is 13.7 Å². The fraction of sp³-hybridized carbons (Fsp3) is 0.952. The van der Waals surface area contributed by atoms with E-state index in [1.54, 1.807) is 7.11 Å². The largest absolute Gasteiger partial charge is 0.469 e. The molecule has 8 unspecified atom stereocenters. The molecule has 0 amide bonds. The number of aliphatic hydroxyl groups is 1. The Hall–Kier alpha value is -0.610. The average Bonchev–Trinajstić information content (AvgIpc) is 3.33. The standard InChI is InChI=1S/C21H32O4/c1-18-8-4-9-19(2,17(23)24-3)14(18)7-10-20-11-13(5-6-15(18)20)21(12-22)16(20)25-21/h13-16,22H,4-12H2,1-3H3. The molecule has 1 heterocycles. The first-order chi connectivity index (χ1) is 11.9. The molecule has 1 aliphatic heterocycles. The van der Waals surface area contributed by atoms with Crippen LogP contribution in [0.5, 0.6) is 0 Å². The number of carbonyl (C=O) groups excluding carboxylic acids is 1. The number of ether oxygens (including phenoxy) is 2. The fourth-order valence-electron chi connectivity index (χ4n) is 8.68. The molecule has 25 heavy (non-hydrogen) atoms. The van der Waals surface area contributed by atoms with Crippen LogP contribution in [0.25, 0.3) is 0 Å². The van der Waals surface area contributed by atoms with Crippen molar-refractivity contribution in [3.63, 3.8) is 0 Å². The lowest BCUT2D eigenvalue weighted by atomic mass is 9.40. The number of carbonyl (C=O) groups is 1. The van der Waals surface area contributed by atoms with E-state index in [1.165, 1.54) is 25.7 Å². The fourth-order valence-corrected chi connectivity index (χ4v) is 8.68. The Balaban J connectivity index is 1.54. The second-order valence-electron chi connectivity index (χ2n) is 10.2. The van der Waals surface area contributed by atoms with Crippen LogP contribution in [0.4, 0.5) is 0 Å². The van der Waals surface area contributed by atoms with Crippen LogP contribution >= 0.6 is 0 Å². The van der Waals surface area contributed by atoms with Crippen LogP contribution in [0.1, 0.15) is 65.2 Å². The van der Waals surface area contributed by atoms with Gasteiger partial charge in [0.15, 0.2) is 0 Å². The van der Waals surface area contributed by atoms with E-state index in [2.05, 4.69) is 13.8 Å². The minimum atomic E-state index is -0.336. The summed E-state index contributed by atoms with van der Waals surface area (Å²) < 4.78 is 11.5. The third-order valence-electron chi connectivity index (χ3n) is 9.63. The van der Waals surface area contributed by atoms with E-state index in [1.807, 2.05) is 0 Å². The van der Waals surface area contributed by atoms with E-state index in [9.17, 15) is 9.90 Å². The van der Waals surface area contributed by atoms with Gasteiger partial charge in [-0.25, -0.2) is 0 Å². The van der Waals surface area contributed by atoms with Crippen LogP contribution in [-0.2, 0) is 14.3 Å². The minimum absolute atomic E-state index is 0.00754. The molecule has 1 spiro atoms. The molecule has 4 heteroatoms. The molecular weight excluding hydrogens is 316 g/mol. The van der Waals surface area contributed by atoms with Crippen LogP contribution in [0.15, 0.2) is 0 Å². The lowest BCUT2D eigenvalue weighted by Gasteiger charge is -2.63. The average molecular weight is 348 g/mol. The van der Waals surface area contributed by atoms with Gasteiger partial charge in [-0.15, -0.1) is 0 Å². The summed E-state index contributed by atoms with van der Waals surface area (Å²) in [5.74, 6) is 1.58. The second-order valence-corrected chi connectivity index (χ2v) is 10.2. The van der Waals surface area contributed by atoms with Crippen LogP contribution in [-0.4, -0.2) is 36.5 Å². The molecular formula is C21H32O4. The first-order valence-electron chi connectivity index (χ1n) is 10.2. The summed E-state index contributed by atoms with van der Waals surface area (Å²) in [5.41, 5.74) is -0.0945. The highest BCUT2D eigenvalue weighted by Gasteiger charge is 2.80. The van der Waals surface area contributed by atoms with Crippen LogP contribution in [0.2, 0.25) is 0 Å². The van der Waals surface area contributed by atoms with Gasteiger partial charge in [0.25, 0.3) is 0 Å². The number of rotatable bonds is 2. The molecule has 0 aromatic heterocycles. The maximum absolute atomic E-state index is 12.7. The van der Waals surface area contributed by atoms with Crippen LogP contribution < -0.4 is 0 Å². The number of hydrogen-bond acceptors (Lipinski definition) is 4. The molecule has 4 nitrogen and oxygen atoms in total. The molecule has 0 aromatic carbocycles. The zero-order valence-corrected chi connectivity index (χ0v) is 15.8. The smallest absolute Gasteiger partial charge is 0.311 e. The number of methoxy groups -OCH3 is 1. The Morgan fingerprint density at radius 1 is 1.16 bits per heavy atom. The van der Waals surface area contributed by atoms with E-state index >= 15 is 0 Å². The third-order valence-corrected chi connectivity index (χ3v) is 9.63. The summed E-state index contributed by atoms with van der Waals surface area (Å²) in [7, 11) is 1.54. The predicted octanol–water partition coefficient (Wildman–Crippen LogP) is 3.31. The number of fused-ring (bicyclic) bond motifs is 5. The third kappa shape index (κ3) is 1.70. The summed E-state index contributed by atoms with van der Waals surface area (Å²) in [6.07, 6.45) is 9.50. The Morgan fingerprint density at radius 3 is 2.68 bits per heavy atom. The van der Waals surface area contributed by atoms with Gasteiger partial charge in [-0.05, 0) is 75.0 Å². The Labute approximate surface area is 150 Å². The Bertz CT molecular complexity index is 619. The van der Waals surface area contributed by atoms with Crippen molar-refractivity contribution in [2.24, 2.45) is 34.0 Å². The monoisotopic (exact) mass is 348 g/mol. The molecule has 5 fully saturated rings. The van der Waals surface area contributed by atoms with Gasteiger partial charge in [-0.1, -0.05) is 13.3 Å². The minimum Gasteiger partial charge on any atom is -0.469 e. The normalized spacial score (nSPS) is 58.7. The molecule has 0 radical (unpaired) electrons. The highest BCUT2D eigenvalue weighted by atomic mass is 16.6. The quantitative estimate of drug-likeness (QED) is 0.614. The molecule has 5 aliphatic rings. The number of hydrogen-bond donors (Lipinski definition) is 1. The topological polar surface area (TPSA) is 59.1 Å². The SMILES string of the molecule is COC(=O)C1(C)CCCC2(C)C1CCC13CC(CCC21)C1(CO)OC31. The van der Waals surface area contributed by atoms with Crippen molar-refractivity contribution in [3.05, 3.63) is 0 Å². The van der Waals surface area contributed by atoms with Gasteiger partial charge in [-0.3, -0.25) is 4.79 Å². The first kappa shape index (κ1) is 16.6. The summed E-state index contributed by atoms with van der Waals surface area (Å²) in [4.78, 5) is 12.7. The molecule has 8 atom stereocenters. The maximum atomic E-state index is 12.7. The van der Waals surface area contributed by atoms with Crippen molar-refractivity contribution in [1.29, 1.82) is 0 Å². The molecule has 140 valence electrons. The molecule has 1 N–H and O–H groups in total.